The number of nitrogen functional groups attached to an aromatic ring is 1. The zero-order chi connectivity index (χ0) is 13.9. The van der Waals surface area contributed by atoms with Gasteiger partial charge in [-0.3, -0.25) is 10.1 Å². The Morgan fingerprint density at radius 1 is 1.67 bits per heavy atom. The molecule has 0 fully saturated rings. The number of esters is 1. The molecule has 18 heavy (non-hydrogen) atoms. The van der Waals surface area contributed by atoms with Gasteiger partial charge in [-0.05, 0) is 6.92 Å². The van der Waals surface area contributed by atoms with Crippen molar-refractivity contribution in [2.75, 3.05) is 12.3 Å². The molecule has 7 nitrogen and oxygen atoms in total. The minimum absolute atomic E-state index is 0.0165. The van der Waals surface area contributed by atoms with Crippen LogP contribution in [0.2, 0.25) is 0 Å². The molecule has 1 aromatic heterocycles. The van der Waals surface area contributed by atoms with Gasteiger partial charge >= 0.3 is 11.7 Å². The summed E-state index contributed by atoms with van der Waals surface area (Å²) in [5, 5.41) is 10.7. The van der Waals surface area contributed by atoms with Gasteiger partial charge < -0.3 is 10.5 Å². The maximum absolute atomic E-state index is 12.5. The summed E-state index contributed by atoms with van der Waals surface area (Å²) in [6.07, 6.45) is -2.43. The number of ether oxygens (including phenoxy) is 1. The molecule has 1 rings (SSSR count). The number of aromatic nitrogens is 1. The van der Waals surface area contributed by atoms with Crippen LogP contribution in [0.25, 0.3) is 0 Å². The summed E-state index contributed by atoms with van der Waals surface area (Å²) in [6.45, 7) is 1.53. The standard InChI is InChI=1S/C9H9F2N3O4/c1-2-18-9(15)4-3-13-6(8(10)11)7(5(4)12)14(16)17/h3,8H,2H2,1H3,(H2,12,13). The number of carbonyl (C=O) groups excluding carboxylic acids is 1. The van der Waals surface area contributed by atoms with Crippen LogP contribution in [0.5, 0.6) is 0 Å². The smallest absolute Gasteiger partial charge is 0.342 e. The molecule has 1 aromatic rings. The van der Waals surface area contributed by atoms with Crippen molar-refractivity contribution in [3.63, 3.8) is 0 Å². The van der Waals surface area contributed by atoms with Gasteiger partial charge in [-0.25, -0.2) is 18.6 Å². The highest BCUT2D eigenvalue weighted by Gasteiger charge is 2.30. The molecule has 0 aliphatic carbocycles. The Labute approximate surface area is 99.7 Å². The molecule has 0 saturated heterocycles. The van der Waals surface area contributed by atoms with Gasteiger partial charge in [0.15, 0.2) is 5.69 Å². The van der Waals surface area contributed by atoms with Crippen LogP contribution in [0, 0.1) is 10.1 Å². The van der Waals surface area contributed by atoms with Gasteiger partial charge in [0.05, 0.1) is 11.5 Å². The Balaban J connectivity index is 3.39. The maximum atomic E-state index is 12.5. The van der Waals surface area contributed by atoms with Gasteiger partial charge in [0.2, 0.25) is 0 Å². The molecule has 0 unspecified atom stereocenters. The topological polar surface area (TPSA) is 108 Å². The second-order valence-electron chi connectivity index (χ2n) is 3.10. The number of carbonyl (C=O) groups is 1. The first-order chi connectivity index (χ1) is 8.40. The fourth-order valence-electron chi connectivity index (χ4n) is 1.25. The predicted octanol–water partition coefficient (Wildman–Crippen LogP) is 1.69. The van der Waals surface area contributed by atoms with E-state index >= 15 is 0 Å². The monoisotopic (exact) mass is 261 g/mol. The van der Waals surface area contributed by atoms with Crippen LogP contribution < -0.4 is 5.73 Å². The van der Waals surface area contributed by atoms with Crippen molar-refractivity contribution in [2.24, 2.45) is 0 Å². The fraction of sp³-hybridized carbons (Fsp3) is 0.333. The molecular weight excluding hydrogens is 252 g/mol. The van der Waals surface area contributed by atoms with E-state index in [0.717, 1.165) is 6.20 Å². The third kappa shape index (κ3) is 2.50. The number of nitrogens with two attached hydrogens (primary N) is 1. The van der Waals surface area contributed by atoms with E-state index in [0.29, 0.717) is 0 Å². The van der Waals surface area contributed by atoms with Crippen LogP contribution in [0.4, 0.5) is 20.2 Å². The lowest BCUT2D eigenvalue weighted by Crippen LogP contribution is -2.12. The number of rotatable bonds is 4. The first kappa shape index (κ1) is 13.7. The van der Waals surface area contributed by atoms with Gasteiger partial charge in [-0.15, -0.1) is 0 Å². The summed E-state index contributed by atoms with van der Waals surface area (Å²) in [4.78, 5) is 24.1. The largest absolute Gasteiger partial charge is 0.462 e. The number of anilines is 1. The van der Waals surface area contributed by atoms with E-state index in [1.165, 1.54) is 6.92 Å². The average Bonchev–Trinajstić information content (AvgIpc) is 2.27. The molecule has 0 saturated carbocycles. The van der Waals surface area contributed by atoms with Gasteiger partial charge in [-0.2, -0.15) is 0 Å². The fourth-order valence-corrected chi connectivity index (χ4v) is 1.25. The molecule has 0 aromatic carbocycles. The zero-order valence-corrected chi connectivity index (χ0v) is 9.22. The third-order valence-electron chi connectivity index (χ3n) is 2.01. The highest BCUT2D eigenvalue weighted by molar-refractivity contribution is 5.97. The predicted molar refractivity (Wildman–Crippen MR) is 56.2 cm³/mol. The molecule has 0 amide bonds. The van der Waals surface area contributed by atoms with Crippen LogP contribution in [-0.4, -0.2) is 22.5 Å². The Kier molecular flexibility index (Phi) is 4.08. The van der Waals surface area contributed by atoms with Gasteiger partial charge in [0.1, 0.15) is 11.3 Å². The second kappa shape index (κ2) is 5.34. The SMILES string of the molecule is CCOC(=O)c1cnc(C(F)F)c([N+](=O)[O-])c1N. The van der Waals surface area contributed by atoms with E-state index in [1.54, 1.807) is 0 Å². The lowest BCUT2D eigenvalue weighted by atomic mass is 10.1. The second-order valence-corrected chi connectivity index (χ2v) is 3.10. The van der Waals surface area contributed by atoms with Gasteiger partial charge in [0.25, 0.3) is 6.43 Å². The number of hydrogen-bond donors (Lipinski definition) is 1. The van der Waals surface area contributed by atoms with E-state index < -0.39 is 40.0 Å². The molecule has 2 N–H and O–H groups in total. The van der Waals surface area contributed by atoms with Crippen LogP contribution in [0.15, 0.2) is 6.20 Å². The van der Waals surface area contributed by atoms with Crippen molar-refractivity contribution < 1.29 is 23.2 Å². The molecule has 0 spiro atoms. The number of nitro groups is 1. The minimum Gasteiger partial charge on any atom is -0.462 e. The highest BCUT2D eigenvalue weighted by atomic mass is 19.3. The molecule has 0 aliphatic heterocycles. The van der Waals surface area contributed by atoms with Crippen molar-refractivity contribution >= 4 is 17.3 Å². The van der Waals surface area contributed by atoms with Crippen molar-refractivity contribution in [1.29, 1.82) is 0 Å². The van der Waals surface area contributed by atoms with Crippen molar-refractivity contribution in [1.82, 2.24) is 4.98 Å². The molecule has 0 atom stereocenters. The van der Waals surface area contributed by atoms with Crippen LogP contribution in [-0.2, 0) is 4.74 Å². The average molecular weight is 261 g/mol. The molecule has 0 radical (unpaired) electrons. The van der Waals surface area contributed by atoms with Crippen molar-refractivity contribution in [3.05, 3.63) is 27.6 Å². The van der Waals surface area contributed by atoms with E-state index in [-0.39, 0.29) is 6.61 Å². The third-order valence-corrected chi connectivity index (χ3v) is 2.01. The molecule has 1 heterocycles. The summed E-state index contributed by atoms with van der Waals surface area (Å²) in [5.41, 5.74) is 2.10. The summed E-state index contributed by atoms with van der Waals surface area (Å²) in [7, 11) is 0. The quantitative estimate of drug-likeness (QED) is 0.501. The van der Waals surface area contributed by atoms with Crippen LogP contribution in [0.1, 0.15) is 29.4 Å². The van der Waals surface area contributed by atoms with Crippen LogP contribution in [0.3, 0.4) is 0 Å². The van der Waals surface area contributed by atoms with E-state index in [2.05, 4.69) is 9.72 Å². The van der Waals surface area contributed by atoms with E-state index in [4.69, 9.17) is 5.73 Å². The Bertz CT molecular complexity index is 493. The lowest BCUT2D eigenvalue weighted by Gasteiger charge is -2.08. The summed E-state index contributed by atoms with van der Waals surface area (Å²) >= 11 is 0. The molecule has 0 bridgehead atoms. The molecule has 98 valence electrons. The molecule has 0 aliphatic rings. The van der Waals surface area contributed by atoms with Gasteiger partial charge in [0, 0.05) is 6.20 Å². The van der Waals surface area contributed by atoms with E-state index in [1.807, 2.05) is 0 Å². The number of nitrogens with zero attached hydrogens (tertiary/aromatic N) is 2. The lowest BCUT2D eigenvalue weighted by molar-refractivity contribution is -0.385. The first-order valence-electron chi connectivity index (χ1n) is 4.78. The number of halogens is 2. The van der Waals surface area contributed by atoms with E-state index in [9.17, 15) is 23.7 Å². The van der Waals surface area contributed by atoms with Gasteiger partial charge in [-0.1, -0.05) is 0 Å². The summed E-state index contributed by atoms with van der Waals surface area (Å²) in [6, 6.07) is 0. The molecular formula is C9H9F2N3O4. The summed E-state index contributed by atoms with van der Waals surface area (Å²) in [5.74, 6) is -0.952. The zero-order valence-electron chi connectivity index (χ0n) is 9.22. The first-order valence-corrected chi connectivity index (χ1v) is 4.78. The Hall–Kier alpha value is -2.32. The van der Waals surface area contributed by atoms with Crippen molar-refractivity contribution in [2.45, 2.75) is 13.3 Å². The number of pyridine rings is 1. The summed E-state index contributed by atoms with van der Waals surface area (Å²) < 4.78 is 29.6. The maximum Gasteiger partial charge on any atom is 0.342 e. The molecule has 9 heteroatoms. The van der Waals surface area contributed by atoms with Crippen molar-refractivity contribution in [3.8, 4) is 0 Å². The Morgan fingerprint density at radius 3 is 2.72 bits per heavy atom. The Morgan fingerprint density at radius 2 is 2.28 bits per heavy atom. The number of hydrogen-bond acceptors (Lipinski definition) is 6. The van der Waals surface area contributed by atoms with Crippen LogP contribution >= 0.6 is 0 Å². The minimum atomic E-state index is -3.16. The normalized spacial score (nSPS) is 10.4. The highest BCUT2D eigenvalue weighted by Crippen LogP contribution is 2.33. The number of alkyl halides is 2.